The second-order valence-corrected chi connectivity index (χ2v) is 3.53. The van der Waals surface area contributed by atoms with Gasteiger partial charge in [-0.25, -0.2) is 0 Å². The van der Waals surface area contributed by atoms with Gasteiger partial charge in [-0.1, -0.05) is 48.5 Å². The number of hydrogen-bond donors (Lipinski definition) is 1. The molecule has 0 unspecified atom stereocenters. The Morgan fingerprint density at radius 1 is 0.789 bits per heavy atom. The zero-order chi connectivity index (χ0) is 14.3. The Morgan fingerprint density at radius 2 is 1.32 bits per heavy atom. The number of para-hydroxylation sites is 1. The normalized spacial score (nSPS) is 9.05. The van der Waals surface area contributed by atoms with Crippen molar-refractivity contribution in [1.82, 2.24) is 0 Å². The number of carbonyl (C=O) groups excluding carboxylic acids is 2. The van der Waals surface area contributed by atoms with Gasteiger partial charge in [-0.2, -0.15) is 0 Å². The highest BCUT2D eigenvalue weighted by atomic mass is 16.4. The zero-order valence-electron chi connectivity index (χ0n) is 9.91. The number of nitrogens with two attached hydrogens (primary N) is 1. The maximum absolute atomic E-state index is 10.2. The predicted molar refractivity (Wildman–Crippen MR) is 66.0 cm³/mol. The van der Waals surface area contributed by atoms with Crippen LogP contribution < -0.4 is 15.9 Å². The van der Waals surface area contributed by atoms with Crippen LogP contribution in [0.1, 0.15) is 20.7 Å². The van der Waals surface area contributed by atoms with E-state index in [1.807, 2.05) is 0 Å². The number of aromatic carboxylic acids is 2. The van der Waals surface area contributed by atoms with Gasteiger partial charge >= 0.3 is 0 Å². The van der Waals surface area contributed by atoms with Crippen LogP contribution in [0.15, 0.2) is 54.6 Å². The van der Waals surface area contributed by atoms with Crippen molar-refractivity contribution in [3.63, 3.8) is 0 Å². The molecule has 2 aromatic carbocycles. The molecule has 0 saturated heterocycles. The van der Waals surface area contributed by atoms with Gasteiger partial charge in [0.1, 0.15) is 0 Å². The van der Waals surface area contributed by atoms with E-state index in [1.54, 1.807) is 30.3 Å². The number of anilines is 1. The standard InChI is InChI=1S/C7H7NO2.C7H6O2/c8-6-4-2-1-3-5(6)7(9)10;8-7(9)6-4-2-1-3-5-6/h1-4H,8H2,(H,9,10);1-5H,(H,8,9)/p-2. The van der Waals surface area contributed by atoms with Crippen molar-refractivity contribution in [2.45, 2.75) is 0 Å². The number of benzene rings is 2. The van der Waals surface area contributed by atoms with E-state index < -0.39 is 11.9 Å². The zero-order valence-corrected chi connectivity index (χ0v) is 9.91. The van der Waals surface area contributed by atoms with Crippen LogP contribution in [-0.4, -0.2) is 11.9 Å². The maximum atomic E-state index is 10.2. The molecule has 0 saturated carbocycles. The molecule has 0 bridgehead atoms. The molecule has 19 heavy (non-hydrogen) atoms. The lowest BCUT2D eigenvalue weighted by atomic mass is 10.2. The lowest BCUT2D eigenvalue weighted by Gasteiger charge is -2.03. The van der Waals surface area contributed by atoms with E-state index in [0.717, 1.165) is 0 Å². The minimum atomic E-state index is -1.24. The molecule has 2 rings (SSSR count). The van der Waals surface area contributed by atoms with Crippen molar-refractivity contribution in [2.75, 3.05) is 5.73 Å². The molecule has 0 aliphatic carbocycles. The molecule has 0 aliphatic rings. The summed E-state index contributed by atoms with van der Waals surface area (Å²) < 4.78 is 0. The van der Waals surface area contributed by atoms with Crippen LogP contribution in [0.2, 0.25) is 0 Å². The second-order valence-electron chi connectivity index (χ2n) is 3.53. The van der Waals surface area contributed by atoms with E-state index in [-0.39, 0.29) is 16.8 Å². The topological polar surface area (TPSA) is 106 Å². The number of carbonyl (C=O) groups is 2. The van der Waals surface area contributed by atoms with E-state index >= 15 is 0 Å². The summed E-state index contributed by atoms with van der Waals surface area (Å²) in [5.74, 6) is -2.37. The third kappa shape index (κ3) is 4.51. The molecule has 0 radical (unpaired) electrons. The number of hydrogen-bond acceptors (Lipinski definition) is 5. The smallest absolute Gasteiger partial charge is 0.0735 e. The number of carboxylic acid groups (broad SMARTS) is 2. The fourth-order valence-electron chi connectivity index (χ4n) is 1.26. The molecular weight excluding hydrogens is 246 g/mol. The van der Waals surface area contributed by atoms with Crippen LogP contribution in [-0.2, 0) is 0 Å². The second kappa shape index (κ2) is 6.80. The van der Waals surface area contributed by atoms with Crippen LogP contribution in [0, 0.1) is 0 Å². The molecule has 0 aromatic heterocycles. The molecule has 0 heterocycles. The van der Waals surface area contributed by atoms with Gasteiger partial charge in [0.05, 0.1) is 11.9 Å². The fraction of sp³-hybridized carbons (Fsp3) is 0. The van der Waals surface area contributed by atoms with Gasteiger partial charge < -0.3 is 25.5 Å². The number of rotatable bonds is 2. The summed E-state index contributed by atoms with van der Waals surface area (Å²) in [6, 6.07) is 14.3. The first-order valence-corrected chi connectivity index (χ1v) is 5.34. The van der Waals surface area contributed by atoms with Gasteiger partial charge in [-0.3, -0.25) is 0 Å². The third-order valence-electron chi connectivity index (χ3n) is 2.19. The first-order chi connectivity index (χ1) is 9.02. The van der Waals surface area contributed by atoms with Crippen molar-refractivity contribution in [3.8, 4) is 0 Å². The summed E-state index contributed by atoms with van der Waals surface area (Å²) in [6.45, 7) is 0. The van der Waals surface area contributed by atoms with E-state index in [0.29, 0.717) is 0 Å². The minimum absolute atomic E-state index is 0.0440. The Morgan fingerprint density at radius 3 is 1.68 bits per heavy atom. The highest BCUT2D eigenvalue weighted by molar-refractivity contribution is 5.91. The summed E-state index contributed by atoms with van der Waals surface area (Å²) in [6.07, 6.45) is 0. The van der Waals surface area contributed by atoms with Gasteiger partial charge in [-0.15, -0.1) is 0 Å². The average Bonchev–Trinajstić information content (AvgIpc) is 2.40. The highest BCUT2D eigenvalue weighted by Gasteiger charge is 1.95. The first kappa shape index (κ1) is 14.2. The van der Waals surface area contributed by atoms with Crippen LogP contribution in [0.3, 0.4) is 0 Å². The highest BCUT2D eigenvalue weighted by Crippen LogP contribution is 2.07. The molecule has 0 atom stereocenters. The van der Waals surface area contributed by atoms with Crippen LogP contribution in [0.25, 0.3) is 0 Å². The van der Waals surface area contributed by atoms with Crippen molar-refractivity contribution in [1.29, 1.82) is 0 Å². The SMILES string of the molecule is Nc1ccccc1C(=O)[O-].O=C([O-])c1ccccc1. The average molecular weight is 257 g/mol. The van der Waals surface area contributed by atoms with Gasteiger partial charge in [0, 0.05) is 11.3 Å². The van der Waals surface area contributed by atoms with Crippen molar-refractivity contribution >= 4 is 17.6 Å². The van der Waals surface area contributed by atoms with Crippen molar-refractivity contribution in [2.24, 2.45) is 0 Å². The van der Waals surface area contributed by atoms with Crippen molar-refractivity contribution in [3.05, 3.63) is 65.7 Å². The van der Waals surface area contributed by atoms with E-state index in [9.17, 15) is 19.8 Å². The van der Waals surface area contributed by atoms with Crippen LogP contribution in [0.4, 0.5) is 5.69 Å². The third-order valence-corrected chi connectivity index (χ3v) is 2.19. The molecule has 0 spiro atoms. The Hall–Kier alpha value is -2.82. The fourth-order valence-corrected chi connectivity index (χ4v) is 1.26. The Balaban J connectivity index is 0.000000191. The monoisotopic (exact) mass is 257 g/mol. The molecule has 2 N–H and O–H groups in total. The Kier molecular flexibility index (Phi) is 5.10. The lowest BCUT2D eigenvalue weighted by molar-refractivity contribution is -0.256. The summed E-state index contributed by atoms with van der Waals surface area (Å²) in [5.41, 5.74) is 5.80. The summed E-state index contributed by atoms with van der Waals surface area (Å²) >= 11 is 0. The van der Waals surface area contributed by atoms with Crippen LogP contribution >= 0.6 is 0 Å². The molecule has 5 heteroatoms. The van der Waals surface area contributed by atoms with Gasteiger partial charge in [0.25, 0.3) is 0 Å². The molecule has 2 aromatic rings. The molecular formula is C14H11NO4-2. The minimum Gasteiger partial charge on any atom is -0.545 e. The van der Waals surface area contributed by atoms with E-state index in [2.05, 4.69) is 0 Å². The predicted octanol–water partition coefficient (Wildman–Crippen LogP) is -0.318. The first-order valence-electron chi connectivity index (χ1n) is 5.34. The molecule has 0 aliphatic heterocycles. The summed E-state index contributed by atoms with van der Waals surface area (Å²) in [4.78, 5) is 20.3. The molecule has 0 fully saturated rings. The summed E-state index contributed by atoms with van der Waals surface area (Å²) in [5, 5.41) is 20.3. The number of carboxylic acids is 2. The summed E-state index contributed by atoms with van der Waals surface area (Å²) in [7, 11) is 0. The van der Waals surface area contributed by atoms with Crippen LogP contribution in [0.5, 0.6) is 0 Å². The van der Waals surface area contributed by atoms with E-state index in [1.165, 1.54) is 24.3 Å². The van der Waals surface area contributed by atoms with Gasteiger partial charge in [-0.05, 0) is 11.6 Å². The van der Waals surface area contributed by atoms with Gasteiger partial charge in [0.15, 0.2) is 0 Å². The molecule has 0 amide bonds. The Bertz CT molecular complexity index is 567. The lowest BCUT2D eigenvalue weighted by Crippen LogP contribution is -2.23. The molecule has 5 nitrogen and oxygen atoms in total. The maximum Gasteiger partial charge on any atom is 0.0735 e. The molecule has 98 valence electrons. The van der Waals surface area contributed by atoms with Crippen molar-refractivity contribution < 1.29 is 19.8 Å². The van der Waals surface area contributed by atoms with Gasteiger partial charge in [0.2, 0.25) is 0 Å². The van der Waals surface area contributed by atoms with E-state index in [4.69, 9.17) is 5.73 Å². The largest absolute Gasteiger partial charge is 0.545 e. The quantitative estimate of drug-likeness (QED) is 0.742. The number of nitrogen functional groups attached to an aromatic ring is 1. The Labute approximate surface area is 109 Å².